The van der Waals surface area contributed by atoms with Gasteiger partial charge in [0.2, 0.25) is 11.5 Å². The third kappa shape index (κ3) is 9.75. The number of rotatable bonds is 20. The van der Waals surface area contributed by atoms with Crippen LogP contribution in [0.4, 0.5) is 5.13 Å². The average Bonchev–Trinajstić information content (AvgIpc) is 3.51. The molecule has 1 unspecified atom stereocenters. The minimum atomic E-state index is -1.25. The van der Waals surface area contributed by atoms with E-state index in [1.165, 1.54) is 61.6 Å². The number of pyridine rings is 1. The number of amides is 2. The van der Waals surface area contributed by atoms with Crippen molar-refractivity contribution in [1.29, 1.82) is 0 Å². The molecular weight excluding hydrogens is 659 g/mol. The van der Waals surface area contributed by atoms with E-state index in [1.807, 2.05) is 0 Å². The number of carboxylic acids is 1. The normalized spacial score (nSPS) is 17.5. The smallest absolute Gasteiger partial charge is 0.352 e. The number of carbonyl (C=O) groups is 4. The number of unbranched alkanes of at least 4 members (excludes halogenated alkanes) is 9. The Labute approximate surface area is 288 Å². The first-order chi connectivity index (χ1) is 23.2. The summed E-state index contributed by atoms with van der Waals surface area (Å²) >= 11 is 2.22. The number of carbonyl (C=O) groups excluding carboxylic acids is 3. The quantitative estimate of drug-likeness (QED) is 0.0456. The molecular formula is C32H44N7O7S2+. The molecule has 1 saturated heterocycles. The fourth-order valence-electron chi connectivity index (χ4n) is 5.42. The second-order valence-electron chi connectivity index (χ2n) is 11.5. The van der Waals surface area contributed by atoms with Gasteiger partial charge in [-0.3, -0.25) is 14.5 Å². The van der Waals surface area contributed by atoms with Crippen LogP contribution >= 0.6 is 23.3 Å². The number of fused-ring (bicyclic) bond motifs is 1. The monoisotopic (exact) mass is 702 g/mol. The van der Waals surface area contributed by atoms with Crippen molar-refractivity contribution in [3.63, 3.8) is 0 Å². The molecule has 2 aromatic rings. The topological polar surface area (TPSA) is 190 Å². The van der Waals surface area contributed by atoms with Crippen molar-refractivity contribution < 1.29 is 38.4 Å². The van der Waals surface area contributed by atoms with E-state index in [0.717, 1.165) is 30.8 Å². The van der Waals surface area contributed by atoms with Crippen LogP contribution in [0.15, 0.2) is 41.0 Å². The molecule has 4 rings (SSSR count). The molecule has 0 saturated carbocycles. The van der Waals surface area contributed by atoms with Gasteiger partial charge in [0.05, 0.1) is 12.2 Å². The second kappa shape index (κ2) is 18.5. The Kier molecular flexibility index (Phi) is 14.2. The third-order valence-corrected chi connectivity index (χ3v) is 9.80. The van der Waals surface area contributed by atoms with Crippen molar-refractivity contribution in [2.24, 2.45) is 5.16 Å². The Balaban J connectivity index is 1.28. The Hall–Kier alpha value is -4.05. The largest absolute Gasteiger partial charge is 0.477 e. The first kappa shape index (κ1) is 36.8. The van der Waals surface area contributed by atoms with Gasteiger partial charge in [-0.2, -0.15) is 9.36 Å². The van der Waals surface area contributed by atoms with Gasteiger partial charge in [0.15, 0.2) is 24.1 Å². The molecule has 14 nitrogen and oxygen atoms in total. The Morgan fingerprint density at radius 3 is 2.35 bits per heavy atom. The highest BCUT2D eigenvalue weighted by Gasteiger charge is 2.55. The lowest BCUT2D eigenvalue weighted by Gasteiger charge is -2.49. The summed E-state index contributed by atoms with van der Waals surface area (Å²) in [5.74, 6) is -2.69. The predicted molar refractivity (Wildman–Crippen MR) is 181 cm³/mol. The first-order valence-corrected chi connectivity index (χ1v) is 18.2. The van der Waals surface area contributed by atoms with Gasteiger partial charge < -0.3 is 25.7 Å². The number of nitrogen functional groups attached to an aromatic ring is 1. The molecule has 2 aliphatic heterocycles. The minimum Gasteiger partial charge on any atom is -0.477 e. The molecule has 1 fully saturated rings. The van der Waals surface area contributed by atoms with Gasteiger partial charge in [-0.25, -0.2) is 14.2 Å². The van der Waals surface area contributed by atoms with Crippen LogP contribution in [0.5, 0.6) is 0 Å². The zero-order valence-corrected chi connectivity index (χ0v) is 29.0. The summed E-state index contributed by atoms with van der Waals surface area (Å²) in [7, 11) is 0. The highest BCUT2D eigenvalue weighted by molar-refractivity contribution is 8.00. The molecule has 4 N–H and O–H groups in total. The number of ether oxygens (including phenoxy) is 1. The lowest BCUT2D eigenvalue weighted by molar-refractivity contribution is -0.689. The second-order valence-corrected chi connectivity index (χ2v) is 13.4. The number of nitrogens with one attached hydrogen (secondary N) is 1. The molecule has 260 valence electrons. The fraction of sp³-hybridized carbons (Fsp3) is 0.562. The van der Waals surface area contributed by atoms with Crippen LogP contribution in [0.1, 0.15) is 94.2 Å². The van der Waals surface area contributed by atoms with Crippen molar-refractivity contribution in [2.75, 3.05) is 24.7 Å². The van der Waals surface area contributed by atoms with Gasteiger partial charge in [0.25, 0.3) is 11.8 Å². The molecule has 2 aromatic heterocycles. The van der Waals surface area contributed by atoms with E-state index >= 15 is 0 Å². The predicted octanol–water partition coefficient (Wildman–Crippen LogP) is 3.66. The van der Waals surface area contributed by atoms with Crippen molar-refractivity contribution in [3.8, 4) is 0 Å². The number of β-lactam (4-membered cyclic amide) rings is 1. The molecule has 48 heavy (non-hydrogen) atoms. The summed E-state index contributed by atoms with van der Waals surface area (Å²) in [5, 5.41) is 16.0. The molecule has 0 aromatic carbocycles. The van der Waals surface area contributed by atoms with Crippen LogP contribution in [-0.4, -0.2) is 79.2 Å². The average molecular weight is 703 g/mol. The summed E-state index contributed by atoms with van der Waals surface area (Å²) < 4.78 is 11.2. The minimum absolute atomic E-state index is 0.0397. The molecule has 0 bridgehead atoms. The van der Waals surface area contributed by atoms with E-state index in [2.05, 4.69) is 26.8 Å². The molecule has 16 heteroatoms. The van der Waals surface area contributed by atoms with Crippen LogP contribution in [0.2, 0.25) is 0 Å². The highest BCUT2D eigenvalue weighted by Crippen LogP contribution is 2.40. The lowest BCUT2D eigenvalue weighted by Crippen LogP contribution is -2.71. The maximum Gasteiger partial charge on any atom is 0.352 e. The maximum absolute atomic E-state index is 13.2. The lowest BCUT2D eigenvalue weighted by atomic mass is 10.0. The van der Waals surface area contributed by atoms with Gasteiger partial charge in [-0.15, -0.1) is 11.8 Å². The van der Waals surface area contributed by atoms with E-state index in [9.17, 15) is 24.3 Å². The van der Waals surface area contributed by atoms with E-state index < -0.39 is 35.2 Å². The SMILES string of the molecule is CCCCCCCCCCCCOC(=O)c1cc[n+](CC2=C(C(=O)O)N3C(=O)C(NC(=O)/C(=N\OCC)c4nsc(N)n4)[C@H]3SC2)cc1. The molecule has 0 radical (unpaired) electrons. The van der Waals surface area contributed by atoms with Crippen molar-refractivity contribution >= 4 is 57.9 Å². The number of nitrogens with two attached hydrogens (primary N) is 1. The van der Waals surface area contributed by atoms with Gasteiger partial charge in [-0.1, -0.05) is 69.9 Å². The zero-order chi connectivity index (χ0) is 34.5. The van der Waals surface area contributed by atoms with Crippen molar-refractivity contribution in [2.45, 2.75) is 96.0 Å². The Morgan fingerprint density at radius 2 is 1.75 bits per heavy atom. The molecule has 2 aliphatic rings. The number of thioether (sulfide) groups is 1. The van der Waals surface area contributed by atoms with Crippen LogP contribution in [0, 0.1) is 0 Å². The number of hydrogen-bond donors (Lipinski definition) is 3. The number of carboxylic acid groups (broad SMARTS) is 1. The van der Waals surface area contributed by atoms with Gasteiger partial charge in [0.1, 0.15) is 23.7 Å². The van der Waals surface area contributed by atoms with E-state index in [0.29, 0.717) is 23.5 Å². The van der Waals surface area contributed by atoms with Crippen LogP contribution in [0.3, 0.4) is 0 Å². The summed E-state index contributed by atoms with van der Waals surface area (Å²) in [6.07, 6.45) is 15.4. The number of aliphatic carboxylic acids is 1. The van der Waals surface area contributed by atoms with Crippen molar-refractivity contribution in [3.05, 3.63) is 47.2 Å². The van der Waals surface area contributed by atoms with Gasteiger partial charge in [0, 0.05) is 35.0 Å². The van der Waals surface area contributed by atoms with Crippen LogP contribution in [0.25, 0.3) is 0 Å². The number of oxime groups is 1. The molecule has 4 heterocycles. The molecule has 0 spiro atoms. The van der Waals surface area contributed by atoms with Gasteiger partial charge in [-0.05, 0) is 13.3 Å². The first-order valence-electron chi connectivity index (χ1n) is 16.4. The van der Waals surface area contributed by atoms with E-state index in [-0.39, 0.29) is 35.5 Å². The van der Waals surface area contributed by atoms with E-state index in [1.54, 1.807) is 36.0 Å². The summed E-state index contributed by atoms with van der Waals surface area (Å²) in [4.78, 5) is 61.3. The standard InChI is InChI=1S/C32H43N7O7S2/c1-3-5-6-7-8-9-10-11-12-13-18-45-31(44)21-14-16-38(17-15-21)19-22-20-47-29-24(28(41)39(29)25(22)30(42)43)34-27(40)23(36-46-4-2)26-35-32(33)48-37-26/h14-17,24,29H,3-13,18-20H2,1-2H3,(H3-,33,34,35,37,40,42,43)/p+1/b36-23-/t24?,29-/m1/s1. The molecule has 2 amide bonds. The number of aromatic nitrogens is 3. The summed E-state index contributed by atoms with van der Waals surface area (Å²) in [6.45, 7) is 4.66. The zero-order valence-electron chi connectivity index (χ0n) is 27.4. The number of hydrogen-bond acceptors (Lipinski definition) is 12. The number of nitrogens with zero attached hydrogens (tertiary/aromatic N) is 5. The molecule has 0 aliphatic carbocycles. The molecule has 2 atom stereocenters. The van der Waals surface area contributed by atoms with Gasteiger partial charge >= 0.3 is 11.9 Å². The maximum atomic E-state index is 13.2. The summed E-state index contributed by atoms with van der Waals surface area (Å²) in [6, 6.07) is 2.28. The highest BCUT2D eigenvalue weighted by atomic mass is 32.2. The van der Waals surface area contributed by atoms with E-state index in [4.69, 9.17) is 15.3 Å². The summed E-state index contributed by atoms with van der Waals surface area (Å²) in [5.41, 5.74) is 6.20. The third-order valence-electron chi connectivity index (χ3n) is 7.92. The van der Waals surface area contributed by atoms with Crippen molar-refractivity contribution in [1.82, 2.24) is 19.6 Å². The number of anilines is 1. The number of esters is 1. The Morgan fingerprint density at radius 1 is 1.08 bits per heavy atom. The van der Waals surface area contributed by atoms with Crippen LogP contribution < -0.4 is 15.6 Å². The fourth-order valence-corrected chi connectivity index (χ4v) is 7.19. The Bertz CT molecular complexity index is 1500. The van der Waals surface area contributed by atoms with Crippen LogP contribution in [-0.2, 0) is 30.5 Å².